The van der Waals surface area contributed by atoms with Crippen LogP contribution in [-0.2, 0) is 0 Å². The van der Waals surface area contributed by atoms with Crippen molar-refractivity contribution in [2.45, 2.75) is 26.3 Å². The number of hydrogen-bond acceptors (Lipinski definition) is 3. The predicted octanol–water partition coefficient (Wildman–Crippen LogP) is 1.86. The van der Waals surface area contributed by atoms with Gasteiger partial charge in [0, 0.05) is 38.8 Å². The van der Waals surface area contributed by atoms with Crippen molar-refractivity contribution >= 4 is 0 Å². The SMILES string of the molecule is CNC(CCN1CCNCC1)c1cc(C)ccc1C. The Bertz CT molecular complexity index is 397. The Kier molecular flexibility index (Phi) is 5.37. The van der Waals surface area contributed by atoms with Gasteiger partial charge in [0.05, 0.1) is 0 Å². The van der Waals surface area contributed by atoms with Gasteiger partial charge in [-0.25, -0.2) is 0 Å². The fourth-order valence-electron chi connectivity index (χ4n) is 2.84. The highest BCUT2D eigenvalue weighted by Gasteiger charge is 2.15. The number of nitrogens with one attached hydrogen (secondary N) is 2. The summed E-state index contributed by atoms with van der Waals surface area (Å²) >= 11 is 0. The molecule has 1 aliphatic rings. The van der Waals surface area contributed by atoms with Crippen LogP contribution in [0.1, 0.15) is 29.2 Å². The second-order valence-electron chi connectivity index (χ2n) is 5.58. The summed E-state index contributed by atoms with van der Waals surface area (Å²) in [5.41, 5.74) is 4.20. The summed E-state index contributed by atoms with van der Waals surface area (Å²) in [7, 11) is 2.07. The average molecular weight is 261 g/mol. The molecule has 1 atom stereocenters. The fraction of sp³-hybridized carbons (Fsp3) is 0.625. The monoisotopic (exact) mass is 261 g/mol. The van der Waals surface area contributed by atoms with E-state index in [9.17, 15) is 0 Å². The molecule has 0 saturated carbocycles. The van der Waals surface area contributed by atoms with E-state index in [0.29, 0.717) is 6.04 Å². The van der Waals surface area contributed by atoms with E-state index < -0.39 is 0 Å². The molecule has 0 aromatic heterocycles. The van der Waals surface area contributed by atoms with Gasteiger partial charge in [0.25, 0.3) is 0 Å². The maximum absolute atomic E-state index is 3.48. The quantitative estimate of drug-likeness (QED) is 0.847. The van der Waals surface area contributed by atoms with E-state index >= 15 is 0 Å². The lowest BCUT2D eigenvalue weighted by Gasteiger charge is -2.29. The average Bonchev–Trinajstić information content (AvgIpc) is 2.44. The summed E-state index contributed by atoms with van der Waals surface area (Å²) in [5, 5.41) is 6.89. The topological polar surface area (TPSA) is 27.3 Å². The van der Waals surface area contributed by atoms with Gasteiger partial charge in [0.2, 0.25) is 0 Å². The molecule has 2 rings (SSSR count). The van der Waals surface area contributed by atoms with E-state index in [-0.39, 0.29) is 0 Å². The second-order valence-corrected chi connectivity index (χ2v) is 5.58. The van der Waals surface area contributed by atoms with Crippen LogP contribution in [0.25, 0.3) is 0 Å². The van der Waals surface area contributed by atoms with Crippen molar-refractivity contribution in [1.82, 2.24) is 15.5 Å². The molecule has 1 heterocycles. The van der Waals surface area contributed by atoms with Crippen molar-refractivity contribution in [1.29, 1.82) is 0 Å². The van der Waals surface area contributed by atoms with Crippen LogP contribution in [0.2, 0.25) is 0 Å². The second kappa shape index (κ2) is 7.04. The number of rotatable bonds is 5. The van der Waals surface area contributed by atoms with Crippen LogP contribution >= 0.6 is 0 Å². The standard InChI is InChI=1S/C16H27N3/c1-13-4-5-14(2)15(12-13)16(17-3)6-9-19-10-7-18-8-11-19/h4-5,12,16-18H,6-11H2,1-3H3. The molecule has 3 nitrogen and oxygen atoms in total. The van der Waals surface area contributed by atoms with Crippen LogP contribution in [0, 0.1) is 13.8 Å². The number of hydrogen-bond donors (Lipinski definition) is 2. The highest BCUT2D eigenvalue weighted by molar-refractivity contribution is 5.33. The van der Waals surface area contributed by atoms with Gasteiger partial charge in [0.15, 0.2) is 0 Å². The van der Waals surface area contributed by atoms with Crippen molar-refractivity contribution < 1.29 is 0 Å². The summed E-state index contributed by atoms with van der Waals surface area (Å²) in [5.74, 6) is 0. The van der Waals surface area contributed by atoms with Gasteiger partial charge in [-0.3, -0.25) is 0 Å². The molecule has 1 aromatic carbocycles. The molecule has 3 heteroatoms. The van der Waals surface area contributed by atoms with E-state index in [1.165, 1.54) is 42.7 Å². The lowest BCUT2D eigenvalue weighted by Crippen LogP contribution is -2.44. The summed E-state index contributed by atoms with van der Waals surface area (Å²) in [6.45, 7) is 10.2. The van der Waals surface area contributed by atoms with Crippen LogP contribution < -0.4 is 10.6 Å². The zero-order valence-corrected chi connectivity index (χ0v) is 12.5. The van der Waals surface area contributed by atoms with E-state index in [4.69, 9.17) is 0 Å². The molecule has 106 valence electrons. The summed E-state index contributed by atoms with van der Waals surface area (Å²) in [6, 6.07) is 7.23. The van der Waals surface area contributed by atoms with Crippen LogP contribution in [0.5, 0.6) is 0 Å². The normalized spacial score (nSPS) is 18.5. The predicted molar refractivity (Wildman–Crippen MR) is 81.6 cm³/mol. The van der Waals surface area contributed by atoms with Gasteiger partial charge in [-0.1, -0.05) is 23.8 Å². The maximum atomic E-state index is 3.48. The van der Waals surface area contributed by atoms with Crippen LogP contribution in [0.3, 0.4) is 0 Å². The minimum Gasteiger partial charge on any atom is -0.314 e. The van der Waals surface area contributed by atoms with Crippen molar-refractivity contribution in [3.8, 4) is 0 Å². The van der Waals surface area contributed by atoms with Gasteiger partial charge in [0.1, 0.15) is 0 Å². The molecule has 2 N–H and O–H groups in total. The molecule has 0 aliphatic carbocycles. The molecule has 1 fully saturated rings. The van der Waals surface area contributed by atoms with Gasteiger partial charge < -0.3 is 15.5 Å². The van der Waals surface area contributed by atoms with E-state index in [1.54, 1.807) is 0 Å². The number of piperazine rings is 1. The molecule has 0 spiro atoms. The largest absolute Gasteiger partial charge is 0.314 e. The zero-order valence-electron chi connectivity index (χ0n) is 12.5. The zero-order chi connectivity index (χ0) is 13.7. The first-order chi connectivity index (χ1) is 9.20. The maximum Gasteiger partial charge on any atom is 0.0332 e. The van der Waals surface area contributed by atoms with Crippen molar-refractivity contribution in [3.63, 3.8) is 0 Å². The molecular formula is C16H27N3. The summed E-state index contributed by atoms with van der Waals surface area (Å²) < 4.78 is 0. The van der Waals surface area contributed by atoms with Gasteiger partial charge in [-0.15, -0.1) is 0 Å². The fourth-order valence-corrected chi connectivity index (χ4v) is 2.84. The highest BCUT2D eigenvalue weighted by atomic mass is 15.2. The smallest absolute Gasteiger partial charge is 0.0332 e. The first kappa shape index (κ1) is 14.5. The Labute approximate surface area is 117 Å². The van der Waals surface area contributed by atoms with Crippen LogP contribution in [0.4, 0.5) is 0 Å². The lowest BCUT2D eigenvalue weighted by atomic mass is 9.96. The third-order valence-corrected chi connectivity index (χ3v) is 4.10. The van der Waals surface area contributed by atoms with Gasteiger partial charge in [-0.2, -0.15) is 0 Å². The van der Waals surface area contributed by atoms with Gasteiger partial charge in [-0.05, 0) is 38.4 Å². The van der Waals surface area contributed by atoms with Gasteiger partial charge >= 0.3 is 0 Å². The number of nitrogens with zero attached hydrogens (tertiary/aromatic N) is 1. The highest BCUT2D eigenvalue weighted by Crippen LogP contribution is 2.22. The molecule has 0 bridgehead atoms. The Hall–Kier alpha value is -0.900. The van der Waals surface area contributed by atoms with Crippen LogP contribution in [0.15, 0.2) is 18.2 Å². The minimum absolute atomic E-state index is 0.467. The summed E-state index contributed by atoms with van der Waals surface area (Å²) in [4.78, 5) is 2.56. The molecule has 1 aliphatic heterocycles. The van der Waals surface area contributed by atoms with E-state index in [0.717, 1.165) is 13.1 Å². The van der Waals surface area contributed by atoms with Crippen molar-refractivity contribution in [2.24, 2.45) is 0 Å². The third kappa shape index (κ3) is 4.03. The van der Waals surface area contributed by atoms with Crippen LogP contribution in [-0.4, -0.2) is 44.7 Å². The first-order valence-electron chi connectivity index (χ1n) is 7.38. The van der Waals surface area contributed by atoms with E-state index in [2.05, 4.69) is 54.6 Å². The van der Waals surface area contributed by atoms with E-state index in [1.807, 2.05) is 0 Å². The van der Waals surface area contributed by atoms with Crippen molar-refractivity contribution in [3.05, 3.63) is 34.9 Å². The molecule has 1 saturated heterocycles. The third-order valence-electron chi connectivity index (χ3n) is 4.10. The minimum atomic E-state index is 0.467. The number of benzene rings is 1. The molecular weight excluding hydrogens is 234 g/mol. The van der Waals surface area contributed by atoms with Crippen molar-refractivity contribution in [2.75, 3.05) is 39.8 Å². The molecule has 1 unspecified atom stereocenters. The number of aryl methyl sites for hydroxylation is 2. The molecule has 1 aromatic rings. The lowest BCUT2D eigenvalue weighted by molar-refractivity contribution is 0.229. The molecule has 0 amide bonds. The molecule has 0 radical (unpaired) electrons. The Morgan fingerprint density at radius 3 is 2.68 bits per heavy atom. The Morgan fingerprint density at radius 2 is 2.00 bits per heavy atom. The first-order valence-corrected chi connectivity index (χ1v) is 7.38. The Balaban J connectivity index is 1.97. The Morgan fingerprint density at radius 1 is 1.26 bits per heavy atom. The molecule has 19 heavy (non-hydrogen) atoms. The summed E-state index contributed by atoms with van der Waals surface area (Å²) in [6.07, 6.45) is 1.18.